The number of halogens is 1. The van der Waals surface area contributed by atoms with Gasteiger partial charge in [0.15, 0.2) is 9.84 Å². The van der Waals surface area contributed by atoms with E-state index in [1.807, 2.05) is 6.92 Å². The Balaban J connectivity index is 2.11. The van der Waals surface area contributed by atoms with E-state index in [0.29, 0.717) is 4.90 Å². The molecule has 0 aliphatic heterocycles. The van der Waals surface area contributed by atoms with Crippen molar-refractivity contribution in [2.75, 3.05) is 5.75 Å². The Kier molecular flexibility index (Phi) is 4.69. The smallest absolute Gasteiger partial charge is 0.178 e. The summed E-state index contributed by atoms with van der Waals surface area (Å²) >= 11 is 3.38. The summed E-state index contributed by atoms with van der Waals surface area (Å²) in [5, 5.41) is 9.45. The van der Waals surface area contributed by atoms with Crippen LogP contribution in [0.3, 0.4) is 0 Å². The van der Waals surface area contributed by atoms with Crippen molar-refractivity contribution in [3.63, 3.8) is 0 Å². The van der Waals surface area contributed by atoms with E-state index in [2.05, 4.69) is 15.9 Å². The molecule has 3 nitrogen and oxygen atoms in total. The van der Waals surface area contributed by atoms with Crippen LogP contribution in [0.4, 0.5) is 0 Å². The predicted molar refractivity (Wildman–Crippen MR) is 78.9 cm³/mol. The van der Waals surface area contributed by atoms with Crippen molar-refractivity contribution >= 4 is 25.8 Å². The molecular formula is C14H19BrO3S. The Labute approximate surface area is 123 Å². The number of hydrogen-bond donors (Lipinski definition) is 1. The zero-order valence-corrected chi connectivity index (χ0v) is 13.4. The molecule has 1 aromatic rings. The Morgan fingerprint density at radius 2 is 1.89 bits per heavy atom. The summed E-state index contributed by atoms with van der Waals surface area (Å²) in [5.41, 5.74) is 0.931. The van der Waals surface area contributed by atoms with Gasteiger partial charge < -0.3 is 5.11 Å². The maximum absolute atomic E-state index is 12.4. The molecule has 1 N–H and O–H groups in total. The second-order valence-electron chi connectivity index (χ2n) is 5.37. The zero-order valence-electron chi connectivity index (χ0n) is 11.0. The maximum atomic E-state index is 12.4. The summed E-state index contributed by atoms with van der Waals surface area (Å²) in [7, 11) is -3.22. The van der Waals surface area contributed by atoms with Crippen LogP contribution in [-0.4, -0.2) is 25.4 Å². The standard InChI is InChI=1S/C14H19BrO3S/c1-10-8-13(6-7-14(10)15)19(17,18)9-11-2-4-12(16)5-3-11/h6-8,11-12,16H,2-5,9H2,1H3. The summed E-state index contributed by atoms with van der Waals surface area (Å²) in [6, 6.07) is 5.16. The topological polar surface area (TPSA) is 54.4 Å². The summed E-state index contributed by atoms with van der Waals surface area (Å²) in [6.07, 6.45) is 2.80. The van der Waals surface area contributed by atoms with Gasteiger partial charge in [0.1, 0.15) is 0 Å². The molecule has 0 amide bonds. The molecule has 2 rings (SSSR count). The average Bonchev–Trinajstić information content (AvgIpc) is 2.35. The van der Waals surface area contributed by atoms with Gasteiger partial charge in [0, 0.05) is 4.47 Å². The maximum Gasteiger partial charge on any atom is 0.178 e. The minimum Gasteiger partial charge on any atom is -0.393 e. The number of aliphatic hydroxyl groups is 1. The molecule has 0 unspecified atom stereocenters. The number of rotatable bonds is 3. The molecule has 0 heterocycles. The Morgan fingerprint density at radius 3 is 2.47 bits per heavy atom. The van der Waals surface area contributed by atoms with E-state index in [9.17, 15) is 13.5 Å². The Hall–Kier alpha value is -0.390. The van der Waals surface area contributed by atoms with Crippen LogP contribution in [0, 0.1) is 12.8 Å². The average molecular weight is 347 g/mol. The third kappa shape index (κ3) is 3.80. The highest BCUT2D eigenvalue weighted by atomic mass is 79.9. The first-order valence-electron chi connectivity index (χ1n) is 6.55. The van der Waals surface area contributed by atoms with Crippen LogP contribution >= 0.6 is 15.9 Å². The minimum atomic E-state index is -3.22. The van der Waals surface area contributed by atoms with Gasteiger partial charge in [-0.25, -0.2) is 8.42 Å². The van der Waals surface area contributed by atoms with Gasteiger partial charge in [-0.1, -0.05) is 15.9 Å². The molecule has 0 spiro atoms. The van der Waals surface area contributed by atoms with Crippen LogP contribution in [0.15, 0.2) is 27.6 Å². The second kappa shape index (κ2) is 5.94. The van der Waals surface area contributed by atoms with E-state index in [-0.39, 0.29) is 17.8 Å². The van der Waals surface area contributed by atoms with Gasteiger partial charge >= 0.3 is 0 Å². The molecule has 0 aromatic heterocycles. The van der Waals surface area contributed by atoms with Crippen molar-refractivity contribution in [3.05, 3.63) is 28.2 Å². The summed E-state index contributed by atoms with van der Waals surface area (Å²) in [5.74, 6) is 0.373. The fourth-order valence-corrected chi connectivity index (χ4v) is 4.55. The van der Waals surface area contributed by atoms with E-state index in [1.165, 1.54) is 0 Å². The van der Waals surface area contributed by atoms with Gasteiger partial charge in [-0.05, 0) is 62.3 Å². The quantitative estimate of drug-likeness (QED) is 0.914. The third-order valence-corrected chi connectivity index (χ3v) is 6.53. The summed E-state index contributed by atoms with van der Waals surface area (Å²) in [4.78, 5) is 0.402. The van der Waals surface area contributed by atoms with Gasteiger partial charge in [0.25, 0.3) is 0 Å². The van der Waals surface area contributed by atoms with Crippen LogP contribution in [-0.2, 0) is 9.84 Å². The van der Waals surface area contributed by atoms with Gasteiger partial charge in [-0.2, -0.15) is 0 Å². The molecule has 0 atom stereocenters. The molecule has 1 saturated carbocycles. The molecule has 1 aliphatic carbocycles. The molecule has 1 aliphatic rings. The van der Waals surface area contributed by atoms with Crippen molar-refractivity contribution in [1.29, 1.82) is 0 Å². The molecule has 5 heteroatoms. The SMILES string of the molecule is Cc1cc(S(=O)(=O)CC2CCC(O)CC2)ccc1Br. The number of sulfone groups is 1. The molecular weight excluding hydrogens is 328 g/mol. The Bertz CT molecular complexity index is 546. The van der Waals surface area contributed by atoms with E-state index >= 15 is 0 Å². The molecule has 0 saturated heterocycles. The highest BCUT2D eigenvalue weighted by molar-refractivity contribution is 9.10. The fraction of sp³-hybridized carbons (Fsp3) is 0.571. The Morgan fingerprint density at radius 1 is 1.26 bits per heavy atom. The van der Waals surface area contributed by atoms with Gasteiger partial charge in [0.05, 0.1) is 16.8 Å². The lowest BCUT2D eigenvalue weighted by Gasteiger charge is -2.25. The third-order valence-electron chi connectivity index (χ3n) is 3.76. The lowest BCUT2D eigenvalue weighted by atomic mass is 9.89. The first-order valence-corrected chi connectivity index (χ1v) is 9.00. The molecule has 0 radical (unpaired) electrons. The highest BCUT2D eigenvalue weighted by Crippen LogP contribution is 2.28. The summed E-state index contributed by atoms with van der Waals surface area (Å²) in [6.45, 7) is 1.89. The molecule has 1 fully saturated rings. The molecule has 0 bridgehead atoms. The van der Waals surface area contributed by atoms with Crippen LogP contribution in [0.2, 0.25) is 0 Å². The minimum absolute atomic E-state index is 0.178. The monoisotopic (exact) mass is 346 g/mol. The predicted octanol–water partition coefficient (Wildman–Crippen LogP) is 3.08. The molecule has 1 aromatic carbocycles. The van der Waals surface area contributed by atoms with Gasteiger partial charge in [-0.15, -0.1) is 0 Å². The van der Waals surface area contributed by atoms with E-state index in [0.717, 1.165) is 35.7 Å². The highest BCUT2D eigenvalue weighted by Gasteiger charge is 2.25. The van der Waals surface area contributed by atoms with Crippen LogP contribution < -0.4 is 0 Å². The molecule has 106 valence electrons. The van der Waals surface area contributed by atoms with Crippen molar-refractivity contribution in [2.24, 2.45) is 5.92 Å². The van der Waals surface area contributed by atoms with E-state index in [4.69, 9.17) is 0 Å². The van der Waals surface area contributed by atoms with Gasteiger partial charge in [0.2, 0.25) is 0 Å². The number of benzene rings is 1. The van der Waals surface area contributed by atoms with Gasteiger partial charge in [-0.3, -0.25) is 0 Å². The van der Waals surface area contributed by atoms with Crippen LogP contribution in [0.25, 0.3) is 0 Å². The number of hydrogen-bond acceptors (Lipinski definition) is 3. The van der Waals surface area contributed by atoms with Crippen molar-refractivity contribution in [1.82, 2.24) is 0 Å². The van der Waals surface area contributed by atoms with Crippen LogP contribution in [0.5, 0.6) is 0 Å². The lowest BCUT2D eigenvalue weighted by molar-refractivity contribution is 0.113. The van der Waals surface area contributed by atoms with Crippen molar-refractivity contribution in [3.8, 4) is 0 Å². The number of aliphatic hydroxyl groups excluding tert-OH is 1. The molecule has 19 heavy (non-hydrogen) atoms. The zero-order chi connectivity index (χ0) is 14.0. The first kappa shape index (κ1) is 15.0. The summed E-state index contributed by atoms with van der Waals surface area (Å²) < 4.78 is 25.7. The van der Waals surface area contributed by atoms with Crippen molar-refractivity contribution in [2.45, 2.75) is 43.6 Å². The normalized spacial score (nSPS) is 24.4. The van der Waals surface area contributed by atoms with Crippen LogP contribution in [0.1, 0.15) is 31.2 Å². The largest absolute Gasteiger partial charge is 0.393 e. The first-order chi connectivity index (χ1) is 8.88. The van der Waals surface area contributed by atoms with Crippen molar-refractivity contribution < 1.29 is 13.5 Å². The lowest BCUT2D eigenvalue weighted by Crippen LogP contribution is -2.24. The van der Waals surface area contributed by atoms with E-state index < -0.39 is 9.84 Å². The fourth-order valence-electron chi connectivity index (χ4n) is 2.53. The van der Waals surface area contributed by atoms with E-state index in [1.54, 1.807) is 18.2 Å². The number of aryl methyl sites for hydroxylation is 1. The second-order valence-corrected chi connectivity index (χ2v) is 8.26.